The van der Waals surface area contributed by atoms with E-state index < -0.39 is 17.6 Å². The van der Waals surface area contributed by atoms with Crippen molar-refractivity contribution in [2.75, 3.05) is 0 Å². The molecule has 2 rings (SSSR count). The molecule has 0 aromatic heterocycles. The number of benzene rings is 1. The lowest BCUT2D eigenvalue weighted by atomic mass is 10.0. The molecule has 5 heteroatoms. The molecule has 0 saturated heterocycles. The number of amides is 1. The number of phenols is 1. The molecule has 0 radical (unpaired) electrons. The molecule has 1 atom stereocenters. The van der Waals surface area contributed by atoms with Gasteiger partial charge < -0.3 is 5.11 Å². The van der Waals surface area contributed by atoms with Crippen molar-refractivity contribution >= 4 is 11.6 Å². The number of carbonyl (C=O) groups excluding carboxylic acids is 1. The van der Waals surface area contributed by atoms with Gasteiger partial charge in [0.1, 0.15) is 17.5 Å². The minimum Gasteiger partial charge on any atom is -0.507 e. The SMILES string of the molecule is N#CC1C=CC(c2cc(F)ccc2O)=NC1=O. The maximum Gasteiger partial charge on any atom is 0.267 e. The Morgan fingerprint density at radius 2 is 2.24 bits per heavy atom. The van der Waals surface area contributed by atoms with Crippen LogP contribution in [0.1, 0.15) is 5.56 Å². The summed E-state index contributed by atoms with van der Waals surface area (Å²) in [6.07, 6.45) is 2.79. The third-order valence-corrected chi connectivity index (χ3v) is 2.32. The zero-order valence-electron chi connectivity index (χ0n) is 8.59. The maximum absolute atomic E-state index is 13.0. The average Bonchev–Trinajstić information content (AvgIpc) is 2.32. The normalized spacial score (nSPS) is 18.7. The van der Waals surface area contributed by atoms with Crippen molar-refractivity contribution in [1.82, 2.24) is 0 Å². The van der Waals surface area contributed by atoms with Gasteiger partial charge in [0, 0.05) is 5.56 Å². The first-order valence-electron chi connectivity index (χ1n) is 4.81. The van der Waals surface area contributed by atoms with Crippen LogP contribution in [-0.4, -0.2) is 16.7 Å². The molecule has 0 fully saturated rings. The van der Waals surface area contributed by atoms with E-state index in [1.165, 1.54) is 18.2 Å². The number of aromatic hydroxyl groups is 1. The van der Waals surface area contributed by atoms with Crippen molar-refractivity contribution in [1.29, 1.82) is 5.26 Å². The summed E-state index contributed by atoms with van der Waals surface area (Å²) in [5.41, 5.74) is 0.282. The van der Waals surface area contributed by atoms with Gasteiger partial charge in [-0.3, -0.25) is 4.79 Å². The minimum atomic E-state index is -0.908. The molecule has 1 aliphatic heterocycles. The van der Waals surface area contributed by atoms with E-state index in [-0.39, 0.29) is 17.0 Å². The summed E-state index contributed by atoms with van der Waals surface area (Å²) >= 11 is 0. The molecular formula is C12H7FN2O2. The monoisotopic (exact) mass is 230 g/mol. The molecule has 0 bridgehead atoms. The quantitative estimate of drug-likeness (QED) is 0.795. The molecule has 1 aromatic rings. The highest BCUT2D eigenvalue weighted by molar-refractivity contribution is 6.16. The van der Waals surface area contributed by atoms with Crippen LogP contribution in [0.5, 0.6) is 5.75 Å². The molecule has 1 N–H and O–H groups in total. The Morgan fingerprint density at radius 3 is 2.88 bits per heavy atom. The number of rotatable bonds is 1. The molecule has 1 aliphatic rings. The number of hydrogen-bond donors (Lipinski definition) is 1. The molecule has 1 amide bonds. The van der Waals surface area contributed by atoms with Crippen LogP contribution in [0, 0.1) is 23.1 Å². The Morgan fingerprint density at radius 1 is 1.47 bits per heavy atom. The Hall–Kier alpha value is -2.48. The zero-order valence-corrected chi connectivity index (χ0v) is 8.59. The van der Waals surface area contributed by atoms with Crippen LogP contribution < -0.4 is 0 Å². The van der Waals surface area contributed by atoms with Crippen molar-refractivity contribution in [3.05, 3.63) is 41.7 Å². The lowest BCUT2D eigenvalue weighted by Gasteiger charge is -2.09. The highest BCUT2D eigenvalue weighted by atomic mass is 19.1. The van der Waals surface area contributed by atoms with Crippen LogP contribution in [-0.2, 0) is 4.79 Å². The summed E-state index contributed by atoms with van der Waals surface area (Å²) < 4.78 is 13.0. The van der Waals surface area contributed by atoms with Gasteiger partial charge in [0.25, 0.3) is 5.91 Å². The van der Waals surface area contributed by atoms with Gasteiger partial charge in [-0.25, -0.2) is 9.38 Å². The summed E-state index contributed by atoms with van der Waals surface area (Å²) in [4.78, 5) is 15.0. The number of carbonyl (C=O) groups is 1. The topological polar surface area (TPSA) is 73.4 Å². The predicted octanol–water partition coefficient (Wildman–Crippen LogP) is 1.56. The lowest BCUT2D eigenvalue weighted by Crippen LogP contribution is -2.15. The third-order valence-electron chi connectivity index (χ3n) is 2.32. The number of aliphatic imine (C=N–C) groups is 1. The Bertz CT molecular complexity index is 585. The van der Waals surface area contributed by atoms with Crippen molar-refractivity contribution in [3.63, 3.8) is 0 Å². The Labute approximate surface area is 96.3 Å². The molecule has 1 unspecified atom stereocenters. The molecule has 84 valence electrons. The molecule has 17 heavy (non-hydrogen) atoms. The van der Waals surface area contributed by atoms with Gasteiger partial charge in [0.2, 0.25) is 0 Å². The van der Waals surface area contributed by atoms with Crippen LogP contribution >= 0.6 is 0 Å². The second kappa shape index (κ2) is 4.18. The van der Waals surface area contributed by atoms with E-state index in [1.807, 2.05) is 0 Å². The van der Waals surface area contributed by atoms with E-state index in [1.54, 1.807) is 6.07 Å². The number of nitriles is 1. The second-order valence-electron chi connectivity index (χ2n) is 3.46. The van der Waals surface area contributed by atoms with Crippen LogP contribution in [0.25, 0.3) is 0 Å². The Balaban J connectivity index is 2.44. The third kappa shape index (κ3) is 2.06. The number of nitrogens with zero attached hydrogens (tertiary/aromatic N) is 2. The van der Waals surface area contributed by atoms with E-state index in [4.69, 9.17) is 5.26 Å². The number of halogens is 1. The molecular weight excluding hydrogens is 223 g/mol. The predicted molar refractivity (Wildman–Crippen MR) is 57.9 cm³/mol. The fraction of sp³-hybridized carbons (Fsp3) is 0.0833. The number of allylic oxidation sites excluding steroid dienone is 1. The van der Waals surface area contributed by atoms with E-state index in [0.29, 0.717) is 0 Å². The highest BCUT2D eigenvalue weighted by Crippen LogP contribution is 2.21. The van der Waals surface area contributed by atoms with Gasteiger partial charge in [-0.05, 0) is 24.3 Å². The first-order valence-corrected chi connectivity index (χ1v) is 4.81. The van der Waals surface area contributed by atoms with Crippen molar-refractivity contribution < 1.29 is 14.3 Å². The summed E-state index contributed by atoms with van der Waals surface area (Å²) in [6, 6.07) is 5.14. The molecule has 0 spiro atoms. The van der Waals surface area contributed by atoms with Gasteiger partial charge in [-0.1, -0.05) is 6.08 Å². The molecule has 0 saturated carbocycles. The number of hydrogen-bond acceptors (Lipinski definition) is 3. The van der Waals surface area contributed by atoms with E-state index >= 15 is 0 Å². The van der Waals surface area contributed by atoms with Gasteiger partial charge in [0.05, 0.1) is 11.8 Å². The second-order valence-corrected chi connectivity index (χ2v) is 3.46. The summed E-state index contributed by atoms with van der Waals surface area (Å²) in [7, 11) is 0. The van der Waals surface area contributed by atoms with Gasteiger partial charge in [0.15, 0.2) is 0 Å². The zero-order chi connectivity index (χ0) is 12.4. The molecule has 1 heterocycles. The molecule has 0 aliphatic carbocycles. The molecule has 1 aromatic carbocycles. The van der Waals surface area contributed by atoms with E-state index in [0.717, 1.165) is 12.1 Å². The number of phenolic OH excluding ortho intramolecular Hbond substituents is 1. The van der Waals surface area contributed by atoms with Crippen molar-refractivity contribution in [2.24, 2.45) is 10.9 Å². The average molecular weight is 230 g/mol. The van der Waals surface area contributed by atoms with Gasteiger partial charge in [-0.15, -0.1) is 0 Å². The number of dihydropyridines is 1. The van der Waals surface area contributed by atoms with Crippen LogP contribution in [0.15, 0.2) is 35.3 Å². The van der Waals surface area contributed by atoms with Crippen LogP contribution in [0.2, 0.25) is 0 Å². The minimum absolute atomic E-state index is 0.131. The van der Waals surface area contributed by atoms with Crippen molar-refractivity contribution in [2.45, 2.75) is 0 Å². The lowest BCUT2D eigenvalue weighted by molar-refractivity contribution is -0.118. The maximum atomic E-state index is 13.0. The van der Waals surface area contributed by atoms with E-state index in [9.17, 15) is 14.3 Å². The Kier molecular flexibility index (Phi) is 2.71. The summed E-state index contributed by atoms with van der Waals surface area (Å²) in [6.45, 7) is 0. The van der Waals surface area contributed by atoms with Crippen molar-refractivity contribution in [3.8, 4) is 11.8 Å². The summed E-state index contributed by atoms with van der Waals surface area (Å²) in [5.74, 6) is -2.23. The summed E-state index contributed by atoms with van der Waals surface area (Å²) in [5, 5.41) is 18.2. The van der Waals surface area contributed by atoms with Gasteiger partial charge in [-0.2, -0.15) is 5.26 Å². The fourth-order valence-electron chi connectivity index (χ4n) is 1.46. The first-order chi connectivity index (χ1) is 8.11. The van der Waals surface area contributed by atoms with Gasteiger partial charge >= 0.3 is 0 Å². The standard InChI is InChI=1S/C12H7FN2O2/c13-8-2-4-11(16)9(5-8)10-3-1-7(6-14)12(17)15-10/h1-5,7,16H. The van der Waals surface area contributed by atoms with E-state index in [2.05, 4.69) is 4.99 Å². The molecule has 4 nitrogen and oxygen atoms in total. The fourth-order valence-corrected chi connectivity index (χ4v) is 1.46. The van der Waals surface area contributed by atoms with Crippen LogP contribution in [0.4, 0.5) is 4.39 Å². The smallest absolute Gasteiger partial charge is 0.267 e. The largest absolute Gasteiger partial charge is 0.507 e. The first kappa shape index (κ1) is 11.0. The van der Waals surface area contributed by atoms with Crippen LogP contribution in [0.3, 0.4) is 0 Å². The highest BCUT2D eigenvalue weighted by Gasteiger charge is 2.20.